The largest absolute Gasteiger partial charge is 0.366 e. The molecule has 0 aromatic rings. The van der Waals surface area contributed by atoms with E-state index < -0.39 is 0 Å². The van der Waals surface area contributed by atoms with E-state index in [1.165, 1.54) is 32.1 Å². The average molecular weight is 284 g/mol. The number of nitrogens with zero attached hydrogens (tertiary/aromatic N) is 1. The molecular formula is C16H32N2O2. The number of hydrogen-bond donors (Lipinski definition) is 1. The Kier molecular flexibility index (Phi) is 7.52. The summed E-state index contributed by atoms with van der Waals surface area (Å²) >= 11 is 0. The van der Waals surface area contributed by atoms with Gasteiger partial charge < -0.3 is 15.0 Å². The third-order valence-electron chi connectivity index (χ3n) is 3.84. The summed E-state index contributed by atoms with van der Waals surface area (Å²) in [4.78, 5) is 14.0. The van der Waals surface area contributed by atoms with Gasteiger partial charge >= 0.3 is 0 Å². The molecule has 1 rings (SSSR count). The number of carbonyl (C=O) groups is 1. The number of carbonyl (C=O) groups excluding carboxylic acids is 1. The van der Waals surface area contributed by atoms with Crippen LogP contribution in [0.2, 0.25) is 0 Å². The van der Waals surface area contributed by atoms with Crippen molar-refractivity contribution in [2.45, 2.75) is 70.9 Å². The zero-order chi connectivity index (χ0) is 15.0. The summed E-state index contributed by atoms with van der Waals surface area (Å²) in [6.07, 6.45) is 7.82. The van der Waals surface area contributed by atoms with E-state index in [2.05, 4.69) is 17.3 Å². The first kappa shape index (κ1) is 17.4. The molecule has 0 aliphatic heterocycles. The molecule has 0 saturated heterocycles. The first-order chi connectivity index (χ1) is 9.38. The fraction of sp³-hybridized carbons (Fsp3) is 0.938. The van der Waals surface area contributed by atoms with Gasteiger partial charge in [-0.3, -0.25) is 4.79 Å². The number of hydrogen-bond acceptors (Lipinski definition) is 3. The molecule has 118 valence electrons. The molecule has 20 heavy (non-hydrogen) atoms. The zero-order valence-corrected chi connectivity index (χ0v) is 13.7. The summed E-state index contributed by atoms with van der Waals surface area (Å²) in [5, 5.41) is 2.92. The Hall–Kier alpha value is -0.610. The van der Waals surface area contributed by atoms with E-state index in [-0.39, 0.29) is 18.1 Å². The quantitative estimate of drug-likeness (QED) is 0.731. The predicted octanol–water partition coefficient (Wildman–Crippen LogP) is 2.57. The molecule has 1 aliphatic carbocycles. The molecule has 0 heterocycles. The molecule has 0 aromatic carbocycles. The predicted molar refractivity (Wildman–Crippen MR) is 82.8 cm³/mol. The fourth-order valence-electron chi connectivity index (χ4n) is 2.59. The molecule has 1 aliphatic rings. The molecule has 0 unspecified atom stereocenters. The van der Waals surface area contributed by atoms with Crippen LogP contribution in [0.25, 0.3) is 0 Å². The second-order valence-electron chi connectivity index (χ2n) is 6.88. The number of rotatable bonds is 7. The lowest BCUT2D eigenvalue weighted by molar-refractivity contribution is -0.130. The van der Waals surface area contributed by atoms with Crippen molar-refractivity contribution in [2.75, 3.05) is 26.7 Å². The standard InChI is InChI=1S/C16H32N2O2/c1-16(2,3)20-13-15(19)17-11-8-12-18(4)14-9-6-5-7-10-14/h14H,5-13H2,1-4H3,(H,17,19). The summed E-state index contributed by atoms with van der Waals surface area (Å²) in [7, 11) is 2.21. The lowest BCUT2D eigenvalue weighted by Gasteiger charge is -2.31. The minimum Gasteiger partial charge on any atom is -0.366 e. The highest BCUT2D eigenvalue weighted by atomic mass is 16.5. The third-order valence-corrected chi connectivity index (χ3v) is 3.84. The van der Waals surface area contributed by atoms with Gasteiger partial charge in [0.2, 0.25) is 5.91 Å². The zero-order valence-electron chi connectivity index (χ0n) is 13.7. The van der Waals surface area contributed by atoms with Crippen LogP contribution in [0.5, 0.6) is 0 Å². The summed E-state index contributed by atoms with van der Waals surface area (Å²) in [6, 6.07) is 0.753. The van der Waals surface area contributed by atoms with E-state index in [1.54, 1.807) is 0 Å². The first-order valence-corrected chi connectivity index (χ1v) is 7.99. The Bertz CT molecular complexity index is 281. The van der Waals surface area contributed by atoms with Crippen molar-refractivity contribution in [2.24, 2.45) is 0 Å². The maximum Gasteiger partial charge on any atom is 0.246 e. The smallest absolute Gasteiger partial charge is 0.246 e. The van der Waals surface area contributed by atoms with Gasteiger partial charge in [0.1, 0.15) is 6.61 Å². The van der Waals surface area contributed by atoms with Crippen molar-refractivity contribution in [3.8, 4) is 0 Å². The summed E-state index contributed by atoms with van der Waals surface area (Å²) < 4.78 is 5.44. The number of amides is 1. The Morgan fingerprint density at radius 3 is 2.50 bits per heavy atom. The minimum absolute atomic E-state index is 0.0137. The molecule has 0 atom stereocenters. The van der Waals surface area contributed by atoms with Gasteiger partial charge in [-0.2, -0.15) is 0 Å². The molecule has 1 amide bonds. The number of ether oxygens (including phenoxy) is 1. The lowest BCUT2D eigenvalue weighted by atomic mass is 9.94. The first-order valence-electron chi connectivity index (χ1n) is 7.99. The molecule has 0 bridgehead atoms. The molecule has 4 heteroatoms. The van der Waals surface area contributed by atoms with E-state index in [0.29, 0.717) is 0 Å². The van der Waals surface area contributed by atoms with Gasteiger partial charge in [-0.1, -0.05) is 19.3 Å². The van der Waals surface area contributed by atoms with Crippen LogP contribution in [-0.4, -0.2) is 49.2 Å². The van der Waals surface area contributed by atoms with E-state index in [9.17, 15) is 4.79 Å². The average Bonchev–Trinajstić information content (AvgIpc) is 2.41. The molecular weight excluding hydrogens is 252 g/mol. The molecule has 1 N–H and O–H groups in total. The molecule has 0 aromatic heterocycles. The highest BCUT2D eigenvalue weighted by Gasteiger charge is 2.17. The van der Waals surface area contributed by atoms with Crippen LogP contribution < -0.4 is 5.32 Å². The highest BCUT2D eigenvalue weighted by Crippen LogP contribution is 2.21. The van der Waals surface area contributed by atoms with Gasteiger partial charge in [0.05, 0.1) is 5.60 Å². The van der Waals surface area contributed by atoms with Crippen LogP contribution in [0.15, 0.2) is 0 Å². The van der Waals surface area contributed by atoms with Crippen LogP contribution >= 0.6 is 0 Å². The minimum atomic E-state index is -0.251. The van der Waals surface area contributed by atoms with E-state index in [4.69, 9.17) is 4.74 Å². The van der Waals surface area contributed by atoms with Crippen LogP contribution in [0.1, 0.15) is 59.3 Å². The SMILES string of the molecule is CN(CCCNC(=O)COC(C)(C)C)C1CCCCC1. The molecule has 0 spiro atoms. The van der Waals surface area contributed by atoms with Crippen LogP contribution in [0.3, 0.4) is 0 Å². The Morgan fingerprint density at radius 1 is 1.25 bits per heavy atom. The van der Waals surface area contributed by atoms with Crippen molar-refractivity contribution in [1.29, 1.82) is 0 Å². The van der Waals surface area contributed by atoms with Gasteiger partial charge in [-0.15, -0.1) is 0 Å². The highest BCUT2D eigenvalue weighted by molar-refractivity contribution is 5.77. The van der Waals surface area contributed by atoms with E-state index in [1.807, 2.05) is 20.8 Å². The van der Waals surface area contributed by atoms with Gasteiger partial charge in [0, 0.05) is 12.6 Å². The van der Waals surface area contributed by atoms with Crippen LogP contribution in [-0.2, 0) is 9.53 Å². The van der Waals surface area contributed by atoms with Gasteiger partial charge in [-0.25, -0.2) is 0 Å². The van der Waals surface area contributed by atoms with Crippen LogP contribution in [0, 0.1) is 0 Å². The van der Waals surface area contributed by atoms with Crippen molar-refractivity contribution in [3.63, 3.8) is 0 Å². The topological polar surface area (TPSA) is 41.6 Å². The summed E-state index contributed by atoms with van der Waals surface area (Å²) in [5.41, 5.74) is -0.251. The molecule has 1 fully saturated rings. The lowest BCUT2D eigenvalue weighted by Crippen LogP contribution is -2.37. The summed E-state index contributed by atoms with van der Waals surface area (Å²) in [6.45, 7) is 7.83. The van der Waals surface area contributed by atoms with Crippen molar-refractivity contribution >= 4 is 5.91 Å². The second kappa shape index (κ2) is 8.63. The third kappa shape index (κ3) is 7.85. The van der Waals surface area contributed by atoms with Gasteiger partial charge in [-0.05, 0) is 53.6 Å². The second-order valence-corrected chi connectivity index (χ2v) is 6.88. The van der Waals surface area contributed by atoms with Crippen molar-refractivity contribution < 1.29 is 9.53 Å². The number of nitrogens with one attached hydrogen (secondary N) is 1. The van der Waals surface area contributed by atoms with E-state index >= 15 is 0 Å². The van der Waals surface area contributed by atoms with E-state index in [0.717, 1.165) is 25.6 Å². The molecule has 1 saturated carbocycles. The Balaban J connectivity index is 2.04. The normalized spacial score (nSPS) is 17.4. The maximum atomic E-state index is 11.6. The summed E-state index contributed by atoms with van der Waals surface area (Å²) in [5.74, 6) is -0.0137. The van der Waals surface area contributed by atoms with Gasteiger partial charge in [0.25, 0.3) is 0 Å². The van der Waals surface area contributed by atoms with Crippen LogP contribution in [0.4, 0.5) is 0 Å². The Morgan fingerprint density at radius 2 is 1.90 bits per heavy atom. The molecule has 0 radical (unpaired) electrons. The van der Waals surface area contributed by atoms with Crippen molar-refractivity contribution in [3.05, 3.63) is 0 Å². The van der Waals surface area contributed by atoms with Gasteiger partial charge in [0.15, 0.2) is 0 Å². The Labute approximate surface area is 124 Å². The molecule has 4 nitrogen and oxygen atoms in total. The monoisotopic (exact) mass is 284 g/mol. The fourth-order valence-corrected chi connectivity index (χ4v) is 2.59. The van der Waals surface area contributed by atoms with Crippen molar-refractivity contribution in [1.82, 2.24) is 10.2 Å². The maximum absolute atomic E-state index is 11.6.